The van der Waals surface area contributed by atoms with E-state index in [1.54, 1.807) is 12.1 Å². The maximum Gasteiger partial charge on any atom is 0.213 e. The van der Waals surface area contributed by atoms with Gasteiger partial charge in [0.2, 0.25) is 10.0 Å². The van der Waals surface area contributed by atoms with Crippen molar-refractivity contribution in [3.05, 3.63) is 27.7 Å². The number of ether oxygens (including phenoxy) is 1. The van der Waals surface area contributed by atoms with Gasteiger partial charge in [-0.3, -0.25) is 0 Å². The summed E-state index contributed by atoms with van der Waals surface area (Å²) in [7, 11) is -3.67. The van der Waals surface area contributed by atoms with Crippen molar-refractivity contribution in [1.29, 1.82) is 5.26 Å². The number of fused-ring (bicyclic) bond motifs is 1. The number of nitriles is 1. The van der Waals surface area contributed by atoms with Crippen molar-refractivity contribution in [2.45, 2.75) is 12.5 Å². The first-order valence-electron chi connectivity index (χ1n) is 7.08. The molecule has 0 saturated carbocycles. The summed E-state index contributed by atoms with van der Waals surface area (Å²) in [6, 6.07) is 4.77. The van der Waals surface area contributed by atoms with Gasteiger partial charge in [0.25, 0.3) is 0 Å². The Morgan fingerprint density at radius 2 is 2.26 bits per heavy atom. The molecular weight excluding hydrogens is 361 g/mol. The highest BCUT2D eigenvalue weighted by Gasteiger charge is 2.40. The van der Waals surface area contributed by atoms with Crippen LogP contribution in [0.5, 0.6) is 5.75 Å². The van der Waals surface area contributed by atoms with Crippen LogP contribution < -0.4 is 14.8 Å². The van der Waals surface area contributed by atoms with Crippen molar-refractivity contribution < 1.29 is 13.2 Å². The first-order chi connectivity index (χ1) is 10.8. The summed E-state index contributed by atoms with van der Waals surface area (Å²) in [5, 5.41) is 13.1. The van der Waals surface area contributed by atoms with Gasteiger partial charge in [-0.15, -0.1) is 0 Å². The molecule has 124 valence electrons. The van der Waals surface area contributed by atoms with E-state index in [0.29, 0.717) is 40.9 Å². The number of nitrogens with one attached hydrogen (secondary N) is 2. The highest BCUT2D eigenvalue weighted by Crippen LogP contribution is 2.41. The van der Waals surface area contributed by atoms with Gasteiger partial charge in [-0.1, -0.05) is 23.2 Å². The second kappa shape index (κ2) is 6.11. The minimum atomic E-state index is -3.67. The molecule has 0 bridgehead atoms. The standard InChI is InChI=1S/C14H15Cl2N3O3S/c15-9-3-10-12(5-22-13(10)11(16)4-9)19-23(20,21)8-14(6-17)1-2-18-7-14/h3-4,12,18-19H,1-2,5,7-8H2. The fourth-order valence-electron chi connectivity index (χ4n) is 2.96. The molecule has 2 aliphatic rings. The Morgan fingerprint density at radius 1 is 1.48 bits per heavy atom. The summed E-state index contributed by atoms with van der Waals surface area (Å²) in [6.45, 7) is 1.16. The zero-order valence-corrected chi connectivity index (χ0v) is 14.4. The molecule has 2 atom stereocenters. The van der Waals surface area contributed by atoms with Gasteiger partial charge in [-0.05, 0) is 25.1 Å². The van der Waals surface area contributed by atoms with Crippen LogP contribution in [0.15, 0.2) is 12.1 Å². The van der Waals surface area contributed by atoms with Crippen molar-refractivity contribution in [3.63, 3.8) is 0 Å². The molecule has 0 amide bonds. The van der Waals surface area contributed by atoms with Gasteiger partial charge in [0.15, 0.2) is 0 Å². The van der Waals surface area contributed by atoms with Gasteiger partial charge in [0.05, 0.1) is 28.3 Å². The predicted molar refractivity (Wildman–Crippen MR) is 87.2 cm³/mol. The number of halogens is 2. The minimum Gasteiger partial charge on any atom is -0.490 e. The lowest BCUT2D eigenvalue weighted by Crippen LogP contribution is -2.39. The highest BCUT2D eigenvalue weighted by atomic mass is 35.5. The van der Waals surface area contributed by atoms with Crippen molar-refractivity contribution in [2.75, 3.05) is 25.4 Å². The molecule has 0 aromatic heterocycles. The maximum absolute atomic E-state index is 12.5. The maximum atomic E-state index is 12.5. The monoisotopic (exact) mass is 375 g/mol. The van der Waals surface area contributed by atoms with E-state index in [1.165, 1.54) is 0 Å². The summed E-state index contributed by atoms with van der Waals surface area (Å²) in [4.78, 5) is 0. The van der Waals surface area contributed by atoms with Crippen LogP contribution in [-0.4, -0.2) is 33.9 Å². The molecule has 1 aromatic rings. The smallest absolute Gasteiger partial charge is 0.213 e. The van der Waals surface area contributed by atoms with E-state index >= 15 is 0 Å². The SMILES string of the molecule is N#CC1(CS(=O)(=O)NC2COc3c(Cl)cc(Cl)cc32)CCNC1. The van der Waals surface area contributed by atoms with E-state index in [9.17, 15) is 13.7 Å². The third-order valence-electron chi connectivity index (χ3n) is 4.08. The first-order valence-corrected chi connectivity index (χ1v) is 9.49. The summed E-state index contributed by atoms with van der Waals surface area (Å²) in [5.74, 6) is 0.199. The number of hydrogen-bond donors (Lipinski definition) is 2. The van der Waals surface area contributed by atoms with Crippen molar-refractivity contribution in [3.8, 4) is 11.8 Å². The molecule has 2 N–H and O–H groups in total. The number of nitrogens with zero attached hydrogens (tertiary/aromatic N) is 1. The molecule has 9 heteroatoms. The first kappa shape index (κ1) is 16.8. The number of sulfonamides is 1. The molecule has 0 spiro atoms. The summed E-state index contributed by atoms with van der Waals surface area (Å²) >= 11 is 12.0. The van der Waals surface area contributed by atoms with Crippen LogP contribution in [0.2, 0.25) is 10.0 Å². The molecule has 1 saturated heterocycles. The van der Waals surface area contributed by atoms with Crippen molar-refractivity contribution in [2.24, 2.45) is 5.41 Å². The quantitative estimate of drug-likeness (QED) is 0.837. The molecule has 6 nitrogen and oxygen atoms in total. The Bertz CT molecular complexity index is 770. The molecule has 2 heterocycles. The molecule has 0 radical (unpaired) electrons. The minimum absolute atomic E-state index is 0.145. The van der Waals surface area contributed by atoms with Gasteiger partial charge >= 0.3 is 0 Å². The molecular formula is C14H15Cl2N3O3S. The Morgan fingerprint density at radius 3 is 2.91 bits per heavy atom. The molecule has 3 rings (SSSR count). The Hall–Kier alpha value is -1.04. The number of hydrogen-bond acceptors (Lipinski definition) is 5. The van der Waals surface area contributed by atoms with E-state index in [-0.39, 0.29) is 12.4 Å². The predicted octanol–water partition coefficient (Wildman–Crippen LogP) is 1.85. The lowest BCUT2D eigenvalue weighted by atomic mass is 9.92. The zero-order chi connectivity index (χ0) is 16.7. The van der Waals surface area contributed by atoms with Crippen LogP contribution in [-0.2, 0) is 10.0 Å². The molecule has 0 aliphatic carbocycles. The fourth-order valence-corrected chi connectivity index (χ4v) is 5.28. The van der Waals surface area contributed by atoms with Crippen LogP contribution in [0.1, 0.15) is 18.0 Å². The van der Waals surface area contributed by atoms with Crippen LogP contribution in [0, 0.1) is 16.7 Å². The lowest BCUT2D eigenvalue weighted by Gasteiger charge is -2.21. The van der Waals surface area contributed by atoms with Gasteiger partial charge in [-0.25, -0.2) is 13.1 Å². The van der Waals surface area contributed by atoms with Crippen molar-refractivity contribution >= 4 is 33.2 Å². The normalized spacial score (nSPS) is 26.6. The van der Waals surface area contributed by atoms with Gasteiger partial charge in [-0.2, -0.15) is 5.26 Å². The third-order valence-corrected chi connectivity index (χ3v) is 6.15. The van der Waals surface area contributed by atoms with Gasteiger partial charge in [0.1, 0.15) is 12.4 Å². The topological polar surface area (TPSA) is 91.2 Å². The summed E-state index contributed by atoms with van der Waals surface area (Å²) < 4.78 is 33.0. The average Bonchev–Trinajstić information content (AvgIpc) is 3.07. The molecule has 23 heavy (non-hydrogen) atoms. The van der Waals surface area contributed by atoms with Crippen molar-refractivity contribution in [1.82, 2.24) is 10.0 Å². The van der Waals surface area contributed by atoms with Crippen LogP contribution in [0.25, 0.3) is 0 Å². The Kier molecular flexibility index (Phi) is 4.47. The fraction of sp³-hybridized carbons (Fsp3) is 0.500. The van der Waals surface area contributed by atoms with Gasteiger partial charge < -0.3 is 10.1 Å². The second-order valence-electron chi connectivity index (χ2n) is 5.87. The molecule has 2 unspecified atom stereocenters. The van der Waals surface area contributed by atoms with E-state index in [1.807, 2.05) is 0 Å². The Labute approximate surface area is 144 Å². The average molecular weight is 376 g/mol. The highest BCUT2D eigenvalue weighted by molar-refractivity contribution is 7.89. The second-order valence-corrected chi connectivity index (χ2v) is 8.46. The molecule has 1 aromatic carbocycles. The largest absolute Gasteiger partial charge is 0.490 e. The zero-order valence-electron chi connectivity index (χ0n) is 12.1. The van der Waals surface area contributed by atoms with E-state index in [4.69, 9.17) is 27.9 Å². The van der Waals surface area contributed by atoms with Crippen LogP contribution in [0.3, 0.4) is 0 Å². The Balaban J connectivity index is 1.80. The van der Waals surface area contributed by atoms with Gasteiger partial charge in [0, 0.05) is 17.1 Å². The van der Waals surface area contributed by atoms with Crippen LogP contribution in [0.4, 0.5) is 0 Å². The van der Waals surface area contributed by atoms with Crippen LogP contribution >= 0.6 is 23.2 Å². The summed E-state index contributed by atoms with van der Waals surface area (Å²) in [5.41, 5.74) is -0.276. The lowest BCUT2D eigenvalue weighted by molar-refractivity contribution is 0.324. The third kappa shape index (κ3) is 3.42. The number of rotatable bonds is 4. The van der Waals surface area contributed by atoms with E-state index < -0.39 is 21.5 Å². The van der Waals surface area contributed by atoms with E-state index in [2.05, 4.69) is 16.1 Å². The molecule has 1 fully saturated rings. The van der Waals surface area contributed by atoms with E-state index in [0.717, 1.165) is 0 Å². The summed E-state index contributed by atoms with van der Waals surface area (Å²) in [6.07, 6.45) is 0.514. The number of benzene rings is 1. The molecule has 2 aliphatic heterocycles.